The first kappa shape index (κ1) is 26.1. The molecular formula is C24H24Cl3N5O4. The number of amides is 1. The first-order valence-electron chi connectivity index (χ1n) is 11.1. The third kappa shape index (κ3) is 6.21. The van der Waals surface area contributed by atoms with Gasteiger partial charge in [0.1, 0.15) is 11.8 Å². The molecule has 1 atom stereocenters. The number of aromatic nitrogens is 3. The number of rotatable bonds is 8. The van der Waals surface area contributed by atoms with Crippen LogP contribution in [0.4, 0.5) is 22.0 Å². The van der Waals surface area contributed by atoms with E-state index in [-0.39, 0.29) is 23.5 Å². The van der Waals surface area contributed by atoms with Crippen molar-refractivity contribution in [1.29, 1.82) is 0 Å². The van der Waals surface area contributed by atoms with Gasteiger partial charge in [0.25, 0.3) is 5.56 Å². The Labute approximate surface area is 222 Å². The Morgan fingerprint density at radius 2 is 1.83 bits per heavy atom. The van der Waals surface area contributed by atoms with E-state index < -0.39 is 17.7 Å². The summed E-state index contributed by atoms with van der Waals surface area (Å²) < 4.78 is 12.2. The Morgan fingerprint density at radius 3 is 2.47 bits per heavy atom. The molecule has 0 bridgehead atoms. The maximum Gasteiger partial charge on any atom is 0.411 e. The normalized spacial score (nSPS) is 13.7. The summed E-state index contributed by atoms with van der Waals surface area (Å²) in [6, 6.07) is 6.07. The average molecular weight is 553 g/mol. The second-order valence-electron chi connectivity index (χ2n) is 8.48. The molecule has 2 aromatic heterocycles. The van der Waals surface area contributed by atoms with E-state index in [1.165, 1.54) is 10.8 Å². The fourth-order valence-electron chi connectivity index (χ4n) is 3.82. The first-order chi connectivity index (χ1) is 17.1. The molecule has 1 unspecified atom stereocenters. The monoisotopic (exact) mass is 551 g/mol. The fraction of sp³-hybridized carbons (Fsp3) is 0.333. The summed E-state index contributed by atoms with van der Waals surface area (Å²) in [6.45, 7) is 3.61. The molecule has 1 aliphatic carbocycles. The maximum absolute atomic E-state index is 13.4. The number of hydrogen-bond acceptors (Lipinski definition) is 7. The zero-order valence-electron chi connectivity index (χ0n) is 19.8. The van der Waals surface area contributed by atoms with Crippen LogP contribution in [0, 0.1) is 19.8 Å². The van der Waals surface area contributed by atoms with Crippen molar-refractivity contribution >= 4 is 58.1 Å². The predicted molar refractivity (Wildman–Crippen MR) is 140 cm³/mol. The molecule has 0 saturated heterocycles. The number of methoxy groups -OCH3 is 1. The molecule has 1 aromatic carbocycles. The lowest BCUT2D eigenvalue weighted by molar-refractivity contribution is 0.135. The predicted octanol–water partition coefficient (Wildman–Crippen LogP) is 6.17. The van der Waals surface area contributed by atoms with Gasteiger partial charge in [0, 0.05) is 27.5 Å². The second-order valence-corrected chi connectivity index (χ2v) is 9.74. The molecule has 2 N–H and O–H groups in total. The van der Waals surface area contributed by atoms with Gasteiger partial charge in [-0.15, -0.1) is 0 Å². The Morgan fingerprint density at radius 1 is 1.14 bits per heavy atom. The summed E-state index contributed by atoms with van der Waals surface area (Å²) in [5.74, 6) is 0.702. The molecule has 2 heterocycles. The van der Waals surface area contributed by atoms with Crippen LogP contribution in [0.1, 0.15) is 30.1 Å². The minimum absolute atomic E-state index is 0.0350. The van der Waals surface area contributed by atoms with Crippen LogP contribution in [0.5, 0.6) is 5.88 Å². The average Bonchev–Trinajstić information content (AvgIpc) is 3.63. The zero-order chi connectivity index (χ0) is 26.0. The van der Waals surface area contributed by atoms with E-state index in [1.807, 2.05) is 13.0 Å². The largest absolute Gasteiger partial charge is 0.481 e. The highest BCUT2D eigenvalue weighted by atomic mass is 35.5. The summed E-state index contributed by atoms with van der Waals surface area (Å²) >= 11 is 18.2. The van der Waals surface area contributed by atoms with Gasteiger partial charge in [-0.2, -0.15) is 0 Å². The molecule has 0 spiro atoms. The molecule has 0 aliphatic heterocycles. The third-order valence-electron chi connectivity index (χ3n) is 5.72. The van der Waals surface area contributed by atoms with Crippen LogP contribution in [-0.2, 0) is 4.74 Å². The molecule has 1 aliphatic rings. The van der Waals surface area contributed by atoms with Crippen LogP contribution in [0.2, 0.25) is 15.2 Å². The molecule has 1 saturated carbocycles. The molecule has 1 amide bonds. The van der Waals surface area contributed by atoms with E-state index in [2.05, 4.69) is 20.6 Å². The van der Waals surface area contributed by atoms with Gasteiger partial charge >= 0.3 is 6.09 Å². The summed E-state index contributed by atoms with van der Waals surface area (Å²) in [4.78, 5) is 34.4. The van der Waals surface area contributed by atoms with E-state index in [9.17, 15) is 9.59 Å². The lowest BCUT2D eigenvalue weighted by Gasteiger charge is -2.21. The van der Waals surface area contributed by atoms with E-state index in [4.69, 9.17) is 44.3 Å². The highest BCUT2D eigenvalue weighted by molar-refractivity contribution is 6.35. The van der Waals surface area contributed by atoms with Crippen LogP contribution in [0.15, 0.2) is 35.3 Å². The number of carbonyl (C=O) groups is 1. The molecule has 190 valence electrons. The number of pyridine rings is 1. The smallest absolute Gasteiger partial charge is 0.411 e. The fourth-order valence-corrected chi connectivity index (χ4v) is 4.53. The molecule has 36 heavy (non-hydrogen) atoms. The van der Waals surface area contributed by atoms with Crippen molar-refractivity contribution in [2.75, 3.05) is 24.4 Å². The molecular weight excluding hydrogens is 529 g/mol. The molecule has 4 rings (SSSR count). The quantitative estimate of drug-likeness (QED) is 0.344. The molecule has 12 heteroatoms. The summed E-state index contributed by atoms with van der Waals surface area (Å²) in [6.07, 6.45) is 2.56. The van der Waals surface area contributed by atoms with Gasteiger partial charge in [-0.3, -0.25) is 10.1 Å². The van der Waals surface area contributed by atoms with Gasteiger partial charge in [0.2, 0.25) is 5.88 Å². The van der Waals surface area contributed by atoms with E-state index in [1.54, 1.807) is 32.2 Å². The number of benzene rings is 1. The highest BCUT2D eigenvalue weighted by Crippen LogP contribution is 2.40. The zero-order valence-corrected chi connectivity index (χ0v) is 22.0. The van der Waals surface area contributed by atoms with Gasteiger partial charge in [0.05, 0.1) is 24.5 Å². The standard InChI is InChI=1S/C24H24Cl3N5O4/c1-12-6-18(13(2)28-22(12)35-3)30-21-23(33)32(10-20(27)31-21)19(14-4-5-14)11-36-24(34)29-17-8-15(25)7-16(26)9-17/h6-10,14,19H,4-5,11H2,1-3H3,(H,29,34)(H,30,31). The Kier molecular flexibility index (Phi) is 7.92. The van der Waals surface area contributed by atoms with E-state index in [0.717, 1.165) is 18.4 Å². The molecule has 0 radical (unpaired) electrons. The number of hydrogen-bond donors (Lipinski definition) is 2. The summed E-state index contributed by atoms with van der Waals surface area (Å²) in [7, 11) is 1.55. The minimum Gasteiger partial charge on any atom is -0.481 e. The van der Waals surface area contributed by atoms with Gasteiger partial charge < -0.3 is 19.4 Å². The van der Waals surface area contributed by atoms with Gasteiger partial charge in [-0.25, -0.2) is 14.8 Å². The van der Waals surface area contributed by atoms with Gasteiger partial charge in [-0.05, 0) is 56.9 Å². The van der Waals surface area contributed by atoms with Crippen LogP contribution in [-0.4, -0.2) is 34.3 Å². The maximum atomic E-state index is 13.4. The summed E-state index contributed by atoms with van der Waals surface area (Å²) in [5.41, 5.74) is 2.03. The number of nitrogens with one attached hydrogen (secondary N) is 2. The molecule has 3 aromatic rings. The van der Waals surface area contributed by atoms with E-state index >= 15 is 0 Å². The van der Waals surface area contributed by atoms with Crippen molar-refractivity contribution in [1.82, 2.24) is 14.5 Å². The number of nitrogens with zero attached hydrogens (tertiary/aromatic N) is 3. The Balaban J connectivity index is 1.54. The van der Waals surface area contributed by atoms with Crippen molar-refractivity contribution in [3.63, 3.8) is 0 Å². The van der Waals surface area contributed by atoms with Crippen molar-refractivity contribution in [2.45, 2.75) is 32.7 Å². The van der Waals surface area contributed by atoms with Crippen molar-refractivity contribution < 1.29 is 14.3 Å². The van der Waals surface area contributed by atoms with Crippen LogP contribution in [0.25, 0.3) is 0 Å². The minimum atomic E-state index is -0.694. The number of carbonyl (C=O) groups excluding carboxylic acids is 1. The van der Waals surface area contributed by atoms with Gasteiger partial charge in [-0.1, -0.05) is 34.8 Å². The van der Waals surface area contributed by atoms with Gasteiger partial charge in [0.15, 0.2) is 5.82 Å². The van der Waals surface area contributed by atoms with Crippen LogP contribution < -0.4 is 20.9 Å². The topological polar surface area (TPSA) is 107 Å². The lowest BCUT2D eigenvalue weighted by atomic mass is 10.2. The van der Waals surface area contributed by atoms with Crippen molar-refractivity contribution in [2.24, 2.45) is 5.92 Å². The molecule has 9 nitrogen and oxygen atoms in total. The molecule has 1 fully saturated rings. The van der Waals surface area contributed by atoms with Crippen molar-refractivity contribution in [3.8, 4) is 5.88 Å². The Hall–Kier alpha value is -3.01. The Bertz CT molecular complexity index is 1340. The number of anilines is 3. The summed E-state index contributed by atoms with van der Waals surface area (Å²) in [5, 5.41) is 6.52. The van der Waals surface area contributed by atoms with Crippen LogP contribution >= 0.6 is 34.8 Å². The highest BCUT2D eigenvalue weighted by Gasteiger charge is 2.35. The lowest BCUT2D eigenvalue weighted by Crippen LogP contribution is -2.32. The third-order valence-corrected chi connectivity index (χ3v) is 6.34. The first-order valence-corrected chi connectivity index (χ1v) is 12.3. The number of aryl methyl sites for hydroxylation is 2. The number of halogens is 3. The number of ether oxygens (including phenoxy) is 2. The van der Waals surface area contributed by atoms with Crippen molar-refractivity contribution in [3.05, 3.63) is 67.3 Å². The van der Waals surface area contributed by atoms with E-state index in [0.29, 0.717) is 33.0 Å². The second kappa shape index (κ2) is 10.9. The SMILES string of the molecule is COc1nc(C)c(Nc2nc(Cl)cn(C(COC(=O)Nc3cc(Cl)cc(Cl)c3)C3CC3)c2=O)cc1C. The van der Waals surface area contributed by atoms with Crippen LogP contribution in [0.3, 0.4) is 0 Å².